The average molecular weight is 387 g/mol. The molecule has 0 radical (unpaired) electrons. The third kappa shape index (κ3) is 4.21. The number of aromatic amines is 1. The second-order valence-corrected chi connectivity index (χ2v) is 6.98. The van der Waals surface area contributed by atoms with Gasteiger partial charge in [0.1, 0.15) is 0 Å². The summed E-state index contributed by atoms with van der Waals surface area (Å²) in [6, 6.07) is 14.7. The van der Waals surface area contributed by atoms with Gasteiger partial charge >= 0.3 is 0 Å². The number of fused-ring (bicyclic) bond motifs is 1. The first-order valence-corrected chi connectivity index (χ1v) is 10.1. The lowest BCUT2D eigenvalue weighted by Crippen LogP contribution is -2.09. The predicted molar refractivity (Wildman–Crippen MR) is 119 cm³/mol. The fourth-order valence-electron chi connectivity index (χ4n) is 3.62. The van der Waals surface area contributed by atoms with Crippen molar-refractivity contribution >= 4 is 28.4 Å². The second-order valence-electron chi connectivity index (χ2n) is 6.98. The highest BCUT2D eigenvalue weighted by molar-refractivity contribution is 5.83. The molecule has 6 nitrogen and oxygen atoms in total. The third-order valence-electron chi connectivity index (χ3n) is 5.17. The Bertz CT molecular complexity index is 1080. The molecule has 148 valence electrons. The van der Waals surface area contributed by atoms with E-state index in [1.165, 1.54) is 27.6 Å². The van der Waals surface area contributed by atoms with Gasteiger partial charge in [0, 0.05) is 29.3 Å². The quantitative estimate of drug-likeness (QED) is 0.402. The van der Waals surface area contributed by atoms with Crippen LogP contribution in [-0.4, -0.2) is 26.7 Å². The van der Waals surface area contributed by atoms with E-state index in [0.717, 1.165) is 37.3 Å². The number of rotatable bonds is 8. The lowest BCUT2D eigenvalue weighted by atomic mass is 10.0. The van der Waals surface area contributed by atoms with Crippen LogP contribution in [0.1, 0.15) is 30.5 Å². The molecule has 0 aliphatic carbocycles. The summed E-state index contributed by atoms with van der Waals surface area (Å²) in [6.07, 6.45) is 6.53. The minimum atomic E-state index is 0.512. The van der Waals surface area contributed by atoms with Gasteiger partial charge in [-0.2, -0.15) is 10.1 Å². The van der Waals surface area contributed by atoms with Gasteiger partial charge < -0.3 is 15.6 Å². The summed E-state index contributed by atoms with van der Waals surface area (Å²) in [5.41, 5.74) is 6.06. The molecular formula is C23H26N6. The molecule has 0 aliphatic rings. The van der Waals surface area contributed by atoms with Gasteiger partial charge in [-0.15, -0.1) is 5.10 Å². The lowest BCUT2D eigenvalue weighted by molar-refractivity contribution is 0.949. The van der Waals surface area contributed by atoms with Crippen LogP contribution in [0.4, 0.5) is 17.5 Å². The first-order chi connectivity index (χ1) is 14.3. The van der Waals surface area contributed by atoms with E-state index in [9.17, 15) is 0 Å². The van der Waals surface area contributed by atoms with Gasteiger partial charge in [0.05, 0.1) is 6.20 Å². The molecule has 0 saturated heterocycles. The van der Waals surface area contributed by atoms with Gasteiger partial charge in [0.25, 0.3) is 0 Å². The number of para-hydroxylation sites is 2. The zero-order valence-electron chi connectivity index (χ0n) is 16.9. The molecule has 3 N–H and O–H groups in total. The van der Waals surface area contributed by atoms with Crippen molar-refractivity contribution in [2.24, 2.45) is 0 Å². The fraction of sp³-hybridized carbons (Fsp3) is 0.261. The number of hydrogen-bond donors (Lipinski definition) is 3. The van der Waals surface area contributed by atoms with Crippen molar-refractivity contribution in [3.63, 3.8) is 0 Å². The van der Waals surface area contributed by atoms with Crippen molar-refractivity contribution in [2.45, 2.75) is 33.1 Å². The maximum absolute atomic E-state index is 4.60. The minimum Gasteiger partial charge on any atom is -0.368 e. The highest BCUT2D eigenvalue weighted by Crippen LogP contribution is 2.25. The van der Waals surface area contributed by atoms with Crippen LogP contribution in [0.2, 0.25) is 0 Å². The molecule has 2 aromatic carbocycles. The summed E-state index contributed by atoms with van der Waals surface area (Å²) < 4.78 is 0. The smallest absolute Gasteiger partial charge is 0.249 e. The van der Waals surface area contributed by atoms with Crippen LogP contribution in [0, 0.1) is 0 Å². The molecule has 4 rings (SSSR count). The Hall–Kier alpha value is -3.41. The summed E-state index contributed by atoms with van der Waals surface area (Å²) in [5.74, 6) is 1.23. The van der Waals surface area contributed by atoms with E-state index in [1.807, 2.05) is 6.07 Å². The highest BCUT2D eigenvalue weighted by atomic mass is 15.3. The lowest BCUT2D eigenvalue weighted by Gasteiger charge is -2.14. The Morgan fingerprint density at radius 2 is 1.72 bits per heavy atom. The Kier molecular flexibility index (Phi) is 5.70. The van der Waals surface area contributed by atoms with Crippen molar-refractivity contribution in [3.05, 3.63) is 71.5 Å². The van der Waals surface area contributed by atoms with E-state index >= 15 is 0 Å². The number of nitrogens with one attached hydrogen (secondary N) is 3. The summed E-state index contributed by atoms with van der Waals surface area (Å²) in [4.78, 5) is 7.92. The van der Waals surface area contributed by atoms with Crippen LogP contribution in [0.5, 0.6) is 0 Å². The van der Waals surface area contributed by atoms with Crippen LogP contribution in [0.3, 0.4) is 0 Å². The number of anilines is 3. The molecule has 0 fully saturated rings. The number of benzene rings is 2. The van der Waals surface area contributed by atoms with Gasteiger partial charge in [-0.3, -0.25) is 0 Å². The first kappa shape index (κ1) is 18.9. The SMILES string of the molecule is CCc1cccc(CC)c1Nc1nncc(NCCc2c[nH]c3ccccc23)n1. The molecule has 6 heteroatoms. The summed E-state index contributed by atoms with van der Waals surface area (Å²) in [6.45, 7) is 5.08. The fourth-order valence-corrected chi connectivity index (χ4v) is 3.62. The Labute approximate surface area is 170 Å². The van der Waals surface area contributed by atoms with Crippen molar-refractivity contribution in [1.82, 2.24) is 20.2 Å². The molecule has 4 aromatic rings. The van der Waals surface area contributed by atoms with Gasteiger partial charge in [-0.05, 0) is 42.0 Å². The van der Waals surface area contributed by atoms with Crippen LogP contribution in [0.15, 0.2) is 54.9 Å². The third-order valence-corrected chi connectivity index (χ3v) is 5.17. The molecule has 0 unspecified atom stereocenters. The Morgan fingerprint density at radius 1 is 0.931 bits per heavy atom. The summed E-state index contributed by atoms with van der Waals surface area (Å²) in [5, 5.41) is 16.3. The van der Waals surface area contributed by atoms with Crippen LogP contribution in [-0.2, 0) is 19.3 Å². The van der Waals surface area contributed by atoms with E-state index in [-0.39, 0.29) is 0 Å². The monoisotopic (exact) mass is 386 g/mol. The van der Waals surface area contributed by atoms with Gasteiger partial charge in [-0.25, -0.2) is 0 Å². The minimum absolute atomic E-state index is 0.512. The van der Waals surface area contributed by atoms with Crippen LogP contribution >= 0.6 is 0 Å². The van der Waals surface area contributed by atoms with Crippen molar-refractivity contribution in [3.8, 4) is 0 Å². The standard InChI is InChI=1S/C23H26N6/c1-3-16-8-7-9-17(4-2)22(16)28-23-27-21(15-26-29-23)24-13-12-18-14-25-20-11-6-5-10-19(18)20/h5-11,14-15,25H,3-4,12-13H2,1-2H3,(H2,24,27,28,29). The molecule has 0 aliphatic heterocycles. The zero-order chi connectivity index (χ0) is 20.1. The molecule has 0 bridgehead atoms. The van der Waals surface area contributed by atoms with Gasteiger partial charge in [-0.1, -0.05) is 50.2 Å². The maximum Gasteiger partial charge on any atom is 0.249 e. The number of H-pyrrole nitrogens is 1. The summed E-state index contributed by atoms with van der Waals surface area (Å²) >= 11 is 0. The number of aromatic nitrogens is 4. The van der Waals surface area contributed by atoms with Crippen LogP contribution < -0.4 is 10.6 Å². The zero-order valence-corrected chi connectivity index (χ0v) is 16.9. The van der Waals surface area contributed by atoms with Gasteiger partial charge in [0.2, 0.25) is 5.95 Å². The molecule has 2 aromatic heterocycles. The number of nitrogens with zero attached hydrogens (tertiary/aromatic N) is 3. The highest BCUT2D eigenvalue weighted by Gasteiger charge is 2.09. The van der Waals surface area contributed by atoms with Crippen molar-refractivity contribution in [2.75, 3.05) is 17.2 Å². The summed E-state index contributed by atoms with van der Waals surface area (Å²) in [7, 11) is 0. The Morgan fingerprint density at radius 3 is 2.52 bits per heavy atom. The topological polar surface area (TPSA) is 78.5 Å². The van der Waals surface area contributed by atoms with Gasteiger partial charge in [0.15, 0.2) is 5.82 Å². The molecule has 0 amide bonds. The molecule has 0 atom stereocenters. The van der Waals surface area contributed by atoms with E-state index in [4.69, 9.17) is 0 Å². The maximum atomic E-state index is 4.60. The Balaban J connectivity index is 1.44. The largest absolute Gasteiger partial charge is 0.368 e. The van der Waals surface area contributed by atoms with Crippen molar-refractivity contribution < 1.29 is 0 Å². The predicted octanol–water partition coefficient (Wildman–Crippen LogP) is 4.88. The van der Waals surface area contributed by atoms with E-state index in [1.54, 1.807) is 6.20 Å². The molecule has 0 spiro atoms. The van der Waals surface area contributed by atoms with Crippen LogP contribution in [0.25, 0.3) is 10.9 Å². The molecule has 29 heavy (non-hydrogen) atoms. The second kappa shape index (κ2) is 8.73. The van der Waals surface area contributed by atoms with E-state index < -0.39 is 0 Å². The molecule has 0 saturated carbocycles. The first-order valence-electron chi connectivity index (χ1n) is 10.1. The van der Waals surface area contributed by atoms with E-state index in [0.29, 0.717) is 5.95 Å². The number of hydrogen-bond acceptors (Lipinski definition) is 5. The van der Waals surface area contributed by atoms with Crippen molar-refractivity contribution in [1.29, 1.82) is 0 Å². The average Bonchev–Trinajstić information content (AvgIpc) is 3.17. The molecular weight excluding hydrogens is 360 g/mol. The number of aryl methyl sites for hydroxylation is 2. The van der Waals surface area contributed by atoms with E-state index in [2.05, 4.69) is 87.2 Å². The molecule has 2 heterocycles. The normalized spacial score (nSPS) is 11.0.